The number of nitrogens with zero attached hydrogens (tertiary/aromatic N) is 1. The number of aryl methyl sites for hydroxylation is 1. The van der Waals surface area contributed by atoms with Crippen LogP contribution in [-0.2, 0) is 0 Å². The predicted molar refractivity (Wildman–Crippen MR) is 122 cm³/mol. The molecule has 0 aliphatic carbocycles. The maximum absolute atomic E-state index is 13.1. The van der Waals surface area contributed by atoms with Crippen molar-refractivity contribution in [2.45, 2.75) is 13.0 Å². The first-order valence-electron chi connectivity index (χ1n) is 9.38. The fourth-order valence-electron chi connectivity index (χ4n) is 3.88. The number of amides is 2. The molecule has 0 fully saturated rings. The SMILES string of the molecule is Cc1ccccc1C1NC(=O)c2cc(Br)cc(NC(=O)c3nsc4ccccc34)c21. The first-order valence-corrected chi connectivity index (χ1v) is 10.9. The van der Waals surface area contributed by atoms with Gasteiger partial charge in [-0.2, -0.15) is 4.37 Å². The summed E-state index contributed by atoms with van der Waals surface area (Å²) in [5, 5.41) is 6.87. The summed E-state index contributed by atoms with van der Waals surface area (Å²) in [6, 6.07) is 18.9. The van der Waals surface area contributed by atoms with Gasteiger partial charge in [-0.25, -0.2) is 0 Å². The number of benzene rings is 3. The number of halogens is 1. The smallest absolute Gasteiger partial charge is 0.276 e. The molecule has 0 saturated heterocycles. The molecular weight excluding hydrogens is 462 g/mol. The highest BCUT2D eigenvalue weighted by molar-refractivity contribution is 9.10. The van der Waals surface area contributed by atoms with E-state index in [1.165, 1.54) is 11.5 Å². The summed E-state index contributed by atoms with van der Waals surface area (Å²) in [6.07, 6.45) is 0. The molecule has 1 unspecified atom stereocenters. The van der Waals surface area contributed by atoms with E-state index in [0.29, 0.717) is 16.9 Å². The zero-order valence-corrected chi connectivity index (χ0v) is 18.3. The van der Waals surface area contributed by atoms with Crippen molar-refractivity contribution in [1.82, 2.24) is 9.69 Å². The number of nitrogens with one attached hydrogen (secondary N) is 2. The summed E-state index contributed by atoms with van der Waals surface area (Å²) in [5.41, 5.74) is 4.37. The maximum Gasteiger partial charge on any atom is 0.276 e. The molecule has 5 nitrogen and oxygen atoms in total. The molecule has 0 saturated carbocycles. The van der Waals surface area contributed by atoms with Gasteiger partial charge in [0.15, 0.2) is 0 Å². The summed E-state index contributed by atoms with van der Waals surface area (Å²) in [4.78, 5) is 25.8. The number of carbonyl (C=O) groups is 2. The minimum Gasteiger partial charge on any atom is -0.341 e. The lowest BCUT2D eigenvalue weighted by atomic mass is 9.93. The molecule has 5 rings (SSSR count). The van der Waals surface area contributed by atoms with Gasteiger partial charge < -0.3 is 10.6 Å². The quantitative estimate of drug-likeness (QED) is 0.411. The van der Waals surface area contributed by atoms with Crippen molar-refractivity contribution in [3.63, 3.8) is 0 Å². The van der Waals surface area contributed by atoms with Crippen LogP contribution in [0.15, 0.2) is 65.1 Å². The van der Waals surface area contributed by atoms with Crippen molar-refractivity contribution < 1.29 is 9.59 Å². The highest BCUT2D eigenvalue weighted by Crippen LogP contribution is 2.39. The van der Waals surface area contributed by atoms with Crippen molar-refractivity contribution in [2.75, 3.05) is 5.32 Å². The van der Waals surface area contributed by atoms with Crippen molar-refractivity contribution in [2.24, 2.45) is 0 Å². The van der Waals surface area contributed by atoms with E-state index in [-0.39, 0.29) is 17.9 Å². The monoisotopic (exact) mass is 477 g/mol. The van der Waals surface area contributed by atoms with E-state index < -0.39 is 0 Å². The Bertz CT molecular complexity index is 1330. The van der Waals surface area contributed by atoms with Gasteiger partial charge in [0.25, 0.3) is 11.8 Å². The van der Waals surface area contributed by atoms with Gasteiger partial charge in [-0.05, 0) is 47.8 Å². The van der Waals surface area contributed by atoms with E-state index in [0.717, 1.165) is 31.2 Å². The number of rotatable bonds is 3. The lowest BCUT2D eigenvalue weighted by Gasteiger charge is -2.18. The zero-order valence-electron chi connectivity index (χ0n) is 15.9. The third kappa shape index (κ3) is 3.11. The van der Waals surface area contributed by atoms with Crippen molar-refractivity contribution >= 4 is 55.1 Å². The number of carbonyl (C=O) groups excluding carboxylic acids is 2. The molecule has 7 heteroatoms. The topological polar surface area (TPSA) is 71.1 Å². The Balaban J connectivity index is 1.60. The van der Waals surface area contributed by atoms with Gasteiger partial charge in [0.05, 0.1) is 10.7 Å². The molecule has 1 atom stereocenters. The second-order valence-electron chi connectivity index (χ2n) is 7.16. The fourth-order valence-corrected chi connectivity index (χ4v) is 5.11. The third-order valence-electron chi connectivity index (χ3n) is 5.29. The van der Waals surface area contributed by atoms with Gasteiger partial charge in [-0.15, -0.1) is 0 Å². The lowest BCUT2D eigenvalue weighted by molar-refractivity contribution is 0.0959. The van der Waals surface area contributed by atoms with E-state index >= 15 is 0 Å². The molecule has 0 bridgehead atoms. The Morgan fingerprint density at radius 2 is 1.90 bits per heavy atom. The molecule has 2 N–H and O–H groups in total. The van der Waals surface area contributed by atoms with Crippen molar-refractivity contribution in [1.29, 1.82) is 0 Å². The number of hydrogen-bond acceptors (Lipinski definition) is 4. The highest BCUT2D eigenvalue weighted by Gasteiger charge is 2.34. The summed E-state index contributed by atoms with van der Waals surface area (Å²) in [6.45, 7) is 2.01. The summed E-state index contributed by atoms with van der Waals surface area (Å²) >= 11 is 4.76. The van der Waals surface area contributed by atoms with E-state index in [1.54, 1.807) is 6.07 Å². The van der Waals surface area contributed by atoms with Gasteiger partial charge in [-0.1, -0.05) is 58.4 Å². The number of aromatic nitrogens is 1. The van der Waals surface area contributed by atoms with Crippen LogP contribution in [0.3, 0.4) is 0 Å². The van der Waals surface area contributed by atoms with Crippen LogP contribution >= 0.6 is 27.5 Å². The van der Waals surface area contributed by atoms with E-state index in [2.05, 4.69) is 30.9 Å². The highest BCUT2D eigenvalue weighted by atomic mass is 79.9. The van der Waals surface area contributed by atoms with Crippen LogP contribution in [0.2, 0.25) is 0 Å². The average Bonchev–Trinajstić information content (AvgIpc) is 3.30. The van der Waals surface area contributed by atoms with Crippen molar-refractivity contribution in [3.05, 3.63) is 93.1 Å². The number of hydrogen-bond donors (Lipinski definition) is 2. The van der Waals surface area contributed by atoms with Crippen LogP contribution in [0.25, 0.3) is 10.1 Å². The Morgan fingerprint density at radius 1 is 1.13 bits per heavy atom. The largest absolute Gasteiger partial charge is 0.341 e. The van der Waals surface area contributed by atoms with E-state index in [1.807, 2.05) is 61.5 Å². The van der Waals surface area contributed by atoms with Crippen LogP contribution in [0.4, 0.5) is 5.69 Å². The second kappa shape index (κ2) is 7.34. The molecule has 0 spiro atoms. The van der Waals surface area contributed by atoms with E-state index in [4.69, 9.17) is 0 Å². The van der Waals surface area contributed by atoms with Crippen molar-refractivity contribution in [3.8, 4) is 0 Å². The van der Waals surface area contributed by atoms with Crippen LogP contribution in [0.1, 0.15) is 43.6 Å². The summed E-state index contributed by atoms with van der Waals surface area (Å²) in [7, 11) is 0. The molecule has 148 valence electrons. The average molecular weight is 478 g/mol. The van der Waals surface area contributed by atoms with Gasteiger partial charge >= 0.3 is 0 Å². The van der Waals surface area contributed by atoms with Gasteiger partial charge in [0.1, 0.15) is 5.69 Å². The fraction of sp³-hybridized carbons (Fsp3) is 0.0870. The molecule has 1 aliphatic rings. The summed E-state index contributed by atoms with van der Waals surface area (Å²) < 4.78 is 6.03. The van der Waals surface area contributed by atoms with Crippen LogP contribution < -0.4 is 10.6 Å². The van der Waals surface area contributed by atoms with Gasteiger partial charge in [0, 0.05) is 26.7 Å². The third-order valence-corrected chi connectivity index (χ3v) is 6.58. The van der Waals surface area contributed by atoms with Crippen LogP contribution in [-0.4, -0.2) is 16.2 Å². The normalized spacial score (nSPS) is 15.1. The first kappa shape index (κ1) is 19.0. The molecule has 0 radical (unpaired) electrons. The van der Waals surface area contributed by atoms with E-state index in [9.17, 15) is 9.59 Å². The minimum absolute atomic E-state index is 0.158. The Kier molecular flexibility index (Phi) is 4.64. The predicted octanol–water partition coefficient (Wildman–Crippen LogP) is 5.45. The Labute approximate surface area is 185 Å². The standard InChI is InChI=1S/C23H16BrN3O2S/c1-12-6-2-3-7-14(12)20-19-16(22(28)26-20)10-13(24)11-17(19)25-23(29)21-15-8-4-5-9-18(15)30-27-21/h2-11,20H,1H3,(H,25,29)(H,26,28). The number of anilines is 1. The number of fused-ring (bicyclic) bond motifs is 2. The maximum atomic E-state index is 13.1. The van der Waals surface area contributed by atoms with Crippen LogP contribution in [0, 0.1) is 6.92 Å². The molecule has 4 aromatic rings. The second-order valence-corrected chi connectivity index (χ2v) is 8.88. The summed E-state index contributed by atoms with van der Waals surface area (Å²) in [5.74, 6) is -0.454. The molecule has 2 heterocycles. The Morgan fingerprint density at radius 3 is 2.73 bits per heavy atom. The lowest BCUT2D eigenvalue weighted by Crippen LogP contribution is -2.21. The van der Waals surface area contributed by atoms with Gasteiger partial charge in [-0.3, -0.25) is 9.59 Å². The first-order chi connectivity index (χ1) is 14.5. The molecule has 30 heavy (non-hydrogen) atoms. The molecule has 1 aromatic heterocycles. The van der Waals surface area contributed by atoms with Crippen LogP contribution in [0.5, 0.6) is 0 Å². The molecule has 1 aliphatic heterocycles. The molecular formula is C23H16BrN3O2S. The zero-order chi connectivity index (χ0) is 20.8. The molecule has 3 aromatic carbocycles. The molecule has 2 amide bonds. The van der Waals surface area contributed by atoms with Gasteiger partial charge in [0.2, 0.25) is 0 Å². The minimum atomic E-state index is -0.329. The Hall–Kier alpha value is -3.03.